The fourth-order valence-corrected chi connectivity index (χ4v) is 2.21. The minimum Gasteiger partial charge on any atom is -0.489 e. The van der Waals surface area contributed by atoms with Gasteiger partial charge in [-0.15, -0.1) is 0 Å². The molecule has 2 aromatic rings. The van der Waals surface area contributed by atoms with Gasteiger partial charge in [0.15, 0.2) is 5.71 Å². The number of nitrogens with zero attached hydrogens (tertiary/aromatic N) is 1. The molecule has 0 atom stereocenters. The molecular formula is C19H17F2NO4. The highest BCUT2D eigenvalue weighted by atomic mass is 19.3. The van der Waals surface area contributed by atoms with Gasteiger partial charge >= 0.3 is 5.97 Å². The van der Waals surface area contributed by atoms with E-state index < -0.39 is 12.0 Å². The molecule has 0 aliphatic heterocycles. The van der Waals surface area contributed by atoms with Crippen molar-refractivity contribution in [2.75, 3.05) is 14.2 Å². The molecule has 0 aliphatic rings. The first-order valence-electron chi connectivity index (χ1n) is 7.58. The molecule has 5 nitrogen and oxygen atoms in total. The summed E-state index contributed by atoms with van der Waals surface area (Å²) in [5.74, 6) is -0.136. The van der Waals surface area contributed by atoms with Crippen molar-refractivity contribution in [2.24, 2.45) is 5.16 Å². The smallest absolute Gasteiger partial charge is 0.360 e. The lowest BCUT2D eigenvalue weighted by Gasteiger charge is -2.12. The summed E-state index contributed by atoms with van der Waals surface area (Å²) in [6.45, 7) is 0.141. The van der Waals surface area contributed by atoms with Gasteiger partial charge in [-0.05, 0) is 23.3 Å². The van der Waals surface area contributed by atoms with E-state index in [2.05, 4.69) is 5.16 Å². The van der Waals surface area contributed by atoms with Crippen molar-refractivity contribution in [2.45, 2.75) is 6.61 Å². The zero-order valence-electron chi connectivity index (χ0n) is 14.2. The number of hydrogen-bond donors (Lipinski definition) is 0. The van der Waals surface area contributed by atoms with Crippen molar-refractivity contribution in [3.05, 3.63) is 71.3 Å². The van der Waals surface area contributed by atoms with E-state index in [1.54, 1.807) is 36.4 Å². The molecule has 0 heterocycles. The molecule has 0 spiro atoms. The molecule has 2 aromatic carbocycles. The van der Waals surface area contributed by atoms with Gasteiger partial charge in [0.2, 0.25) is 0 Å². The van der Waals surface area contributed by atoms with Crippen molar-refractivity contribution < 1.29 is 27.9 Å². The summed E-state index contributed by atoms with van der Waals surface area (Å²) in [6, 6.07) is 13.2. The summed E-state index contributed by atoms with van der Waals surface area (Å²) in [5, 5.41) is 3.73. The van der Waals surface area contributed by atoms with E-state index in [0.717, 1.165) is 6.08 Å². The first-order chi connectivity index (χ1) is 12.5. The normalized spacial score (nSPS) is 10.8. The van der Waals surface area contributed by atoms with Gasteiger partial charge in [0.05, 0.1) is 7.11 Å². The Bertz CT molecular complexity index is 813. The Morgan fingerprint density at radius 1 is 1.08 bits per heavy atom. The Morgan fingerprint density at radius 3 is 2.38 bits per heavy atom. The number of oxime groups is 1. The van der Waals surface area contributed by atoms with Crippen molar-refractivity contribution in [3.8, 4) is 5.75 Å². The molecule has 0 N–H and O–H groups in total. The van der Waals surface area contributed by atoms with Crippen LogP contribution >= 0.6 is 0 Å². The van der Waals surface area contributed by atoms with Crippen LogP contribution in [0.4, 0.5) is 8.78 Å². The minimum absolute atomic E-state index is 0.0214. The molecule has 0 aliphatic carbocycles. The van der Waals surface area contributed by atoms with E-state index >= 15 is 0 Å². The maximum absolute atomic E-state index is 12.2. The number of halogens is 2. The molecule has 0 unspecified atom stereocenters. The fraction of sp³-hybridized carbons (Fsp3) is 0.158. The monoisotopic (exact) mass is 361 g/mol. The molecule has 0 fully saturated rings. The second kappa shape index (κ2) is 9.31. The number of methoxy groups -OCH3 is 1. The Balaban J connectivity index is 2.19. The number of esters is 1. The fourth-order valence-electron chi connectivity index (χ4n) is 2.21. The van der Waals surface area contributed by atoms with Crippen LogP contribution in [0.25, 0.3) is 6.08 Å². The zero-order valence-corrected chi connectivity index (χ0v) is 14.2. The lowest BCUT2D eigenvalue weighted by atomic mass is 10.0. The summed E-state index contributed by atoms with van der Waals surface area (Å²) < 4.78 is 34.9. The molecule has 0 bridgehead atoms. The van der Waals surface area contributed by atoms with Crippen LogP contribution in [0.15, 0.2) is 59.8 Å². The maximum atomic E-state index is 12.2. The number of benzene rings is 2. The largest absolute Gasteiger partial charge is 0.489 e. The third-order valence-corrected chi connectivity index (χ3v) is 3.38. The van der Waals surface area contributed by atoms with Gasteiger partial charge in [-0.25, -0.2) is 4.79 Å². The lowest BCUT2D eigenvalue weighted by Crippen LogP contribution is -2.19. The maximum Gasteiger partial charge on any atom is 0.360 e. The van der Waals surface area contributed by atoms with Crippen molar-refractivity contribution >= 4 is 17.8 Å². The van der Waals surface area contributed by atoms with Crippen molar-refractivity contribution in [3.63, 3.8) is 0 Å². The Kier molecular flexibility index (Phi) is 6.84. The second-order valence-corrected chi connectivity index (χ2v) is 5.06. The Hall–Kier alpha value is -3.22. The van der Waals surface area contributed by atoms with Crippen LogP contribution in [0, 0.1) is 0 Å². The van der Waals surface area contributed by atoms with E-state index in [1.807, 2.05) is 0 Å². The van der Waals surface area contributed by atoms with Crippen LogP contribution in [0.1, 0.15) is 16.7 Å². The van der Waals surface area contributed by atoms with E-state index in [0.29, 0.717) is 22.4 Å². The van der Waals surface area contributed by atoms with E-state index in [9.17, 15) is 13.6 Å². The van der Waals surface area contributed by atoms with Crippen molar-refractivity contribution in [1.82, 2.24) is 0 Å². The van der Waals surface area contributed by atoms with Crippen LogP contribution in [-0.2, 0) is 21.0 Å². The van der Waals surface area contributed by atoms with Gasteiger partial charge in [-0.3, -0.25) is 0 Å². The second-order valence-electron chi connectivity index (χ2n) is 5.06. The van der Waals surface area contributed by atoms with E-state index in [-0.39, 0.29) is 12.3 Å². The first kappa shape index (κ1) is 19.1. The predicted octanol–water partition coefficient (Wildman–Crippen LogP) is 4.03. The number of carbonyl (C=O) groups excluding carboxylic acids is 1. The number of ether oxygens (including phenoxy) is 2. The number of carbonyl (C=O) groups is 1. The SMILES string of the molecule is CO/N=C(/C(=O)OC)c1ccccc1COc1ccc(C=C(F)F)cc1. The molecule has 0 aromatic heterocycles. The molecule has 26 heavy (non-hydrogen) atoms. The minimum atomic E-state index is -1.76. The van der Waals surface area contributed by atoms with Crippen LogP contribution in [-0.4, -0.2) is 25.9 Å². The first-order valence-corrected chi connectivity index (χ1v) is 7.58. The quantitative estimate of drug-likeness (QED) is 0.424. The standard InChI is InChI=1S/C19H17F2NO4/c1-24-19(23)18(22-25-2)16-6-4-3-5-14(16)12-26-15-9-7-13(8-10-15)11-17(20)21/h3-11H,12H2,1-2H3/b22-18+. The highest BCUT2D eigenvalue weighted by Crippen LogP contribution is 2.19. The van der Waals surface area contributed by atoms with E-state index in [4.69, 9.17) is 14.3 Å². The van der Waals surface area contributed by atoms with Crippen LogP contribution in [0.2, 0.25) is 0 Å². The van der Waals surface area contributed by atoms with Gasteiger partial charge in [0.1, 0.15) is 19.5 Å². The Morgan fingerprint density at radius 2 is 1.77 bits per heavy atom. The summed E-state index contributed by atoms with van der Waals surface area (Å²) >= 11 is 0. The Labute approximate surface area is 149 Å². The molecule has 136 valence electrons. The average Bonchev–Trinajstić information content (AvgIpc) is 2.65. The van der Waals surface area contributed by atoms with Crippen LogP contribution in [0.3, 0.4) is 0 Å². The summed E-state index contributed by atoms with van der Waals surface area (Å²) in [6.07, 6.45) is -0.997. The van der Waals surface area contributed by atoms with Crippen LogP contribution < -0.4 is 4.74 Å². The third kappa shape index (κ3) is 5.14. The average molecular weight is 361 g/mol. The molecule has 7 heteroatoms. The summed E-state index contributed by atoms with van der Waals surface area (Å²) in [7, 11) is 2.58. The number of rotatable bonds is 7. The van der Waals surface area contributed by atoms with Gasteiger partial charge in [0.25, 0.3) is 6.08 Å². The van der Waals surface area contributed by atoms with E-state index in [1.165, 1.54) is 26.4 Å². The van der Waals surface area contributed by atoms with Gasteiger partial charge in [-0.2, -0.15) is 8.78 Å². The van der Waals surface area contributed by atoms with Gasteiger partial charge in [0, 0.05) is 11.6 Å². The highest BCUT2D eigenvalue weighted by molar-refractivity contribution is 6.43. The topological polar surface area (TPSA) is 57.1 Å². The summed E-state index contributed by atoms with van der Waals surface area (Å²) in [5.41, 5.74) is 1.60. The van der Waals surface area contributed by atoms with Crippen LogP contribution in [0.5, 0.6) is 5.75 Å². The molecule has 0 amide bonds. The molecular weight excluding hydrogens is 344 g/mol. The predicted molar refractivity (Wildman–Crippen MR) is 93.0 cm³/mol. The number of hydrogen-bond acceptors (Lipinski definition) is 5. The molecule has 2 rings (SSSR count). The van der Waals surface area contributed by atoms with Gasteiger partial charge in [-0.1, -0.05) is 41.6 Å². The molecule has 0 saturated heterocycles. The van der Waals surface area contributed by atoms with Crippen molar-refractivity contribution in [1.29, 1.82) is 0 Å². The molecule has 0 radical (unpaired) electrons. The highest BCUT2D eigenvalue weighted by Gasteiger charge is 2.19. The van der Waals surface area contributed by atoms with Gasteiger partial charge < -0.3 is 14.3 Å². The zero-order chi connectivity index (χ0) is 18.9. The summed E-state index contributed by atoms with van der Waals surface area (Å²) in [4.78, 5) is 16.6. The molecule has 0 saturated carbocycles. The third-order valence-electron chi connectivity index (χ3n) is 3.38. The lowest BCUT2D eigenvalue weighted by molar-refractivity contribution is -0.132.